The smallest absolute Gasteiger partial charge is 0.269 e. The highest BCUT2D eigenvalue weighted by Gasteiger charge is 2.41. The number of methoxy groups -OCH3 is 3. The Morgan fingerprint density at radius 2 is 1.69 bits per heavy atom. The Bertz CT molecular complexity index is 1070. The lowest BCUT2D eigenvalue weighted by molar-refractivity contribution is -0.121. The van der Waals surface area contributed by atoms with Gasteiger partial charge in [-0.3, -0.25) is 9.59 Å². The van der Waals surface area contributed by atoms with Crippen molar-refractivity contribution < 1.29 is 32.2 Å². The molecule has 0 radical (unpaired) electrons. The van der Waals surface area contributed by atoms with E-state index in [-0.39, 0.29) is 17.0 Å². The SMILES string of the molecule is COc1ccc(CNC(=O)CN2C(=O)c3ccccc3S2(=O)=O)c(OC)c1OC. The summed E-state index contributed by atoms with van der Waals surface area (Å²) in [6, 6.07) is 9.20. The maximum absolute atomic E-state index is 12.5. The van der Waals surface area contributed by atoms with Crippen molar-refractivity contribution in [1.29, 1.82) is 0 Å². The van der Waals surface area contributed by atoms with Crippen molar-refractivity contribution in [2.45, 2.75) is 11.4 Å². The summed E-state index contributed by atoms with van der Waals surface area (Å²) in [6.45, 7) is -0.581. The molecule has 0 aromatic heterocycles. The number of carbonyl (C=O) groups excluding carboxylic acids is 2. The molecule has 9 nitrogen and oxygen atoms in total. The Kier molecular flexibility index (Phi) is 5.64. The Balaban J connectivity index is 1.74. The molecule has 0 bridgehead atoms. The fraction of sp³-hybridized carbons (Fsp3) is 0.263. The first-order valence-electron chi connectivity index (χ1n) is 8.55. The highest BCUT2D eigenvalue weighted by molar-refractivity contribution is 7.90. The zero-order valence-corrected chi connectivity index (χ0v) is 16.9. The number of benzene rings is 2. The van der Waals surface area contributed by atoms with Gasteiger partial charge in [-0.15, -0.1) is 0 Å². The van der Waals surface area contributed by atoms with Crippen LogP contribution in [0.4, 0.5) is 0 Å². The third kappa shape index (κ3) is 3.58. The van der Waals surface area contributed by atoms with Gasteiger partial charge in [0.2, 0.25) is 11.7 Å². The zero-order chi connectivity index (χ0) is 21.2. The molecule has 0 fully saturated rings. The van der Waals surface area contributed by atoms with E-state index in [0.29, 0.717) is 27.1 Å². The van der Waals surface area contributed by atoms with Crippen LogP contribution in [-0.2, 0) is 21.4 Å². The van der Waals surface area contributed by atoms with Gasteiger partial charge in [-0.2, -0.15) is 0 Å². The molecule has 2 amide bonds. The lowest BCUT2D eigenvalue weighted by Crippen LogP contribution is -2.40. The van der Waals surface area contributed by atoms with E-state index in [2.05, 4.69) is 5.32 Å². The van der Waals surface area contributed by atoms with Crippen LogP contribution in [0.2, 0.25) is 0 Å². The van der Waals surface area contributed by atoms with Gasteiger partial charge >= 0.3 is 0 Å². The Hall–Kier alpha value is -3.27. The maximum atomic E-state index is 12.5. The van der Waals surface area contributed by atoms with Gasteiger partial charge in [-0.25, -0.2) is 12.7 Å². The van der Waals surface area contributed by atoms with Crippen LogP contribution >= 0.6 is 0 Å². The quantitative estimate of drug-likeness (QED) is 0.716. The normalized spacial score (nSPS) is 14.3. The number of rotatable bonds is 7. The number of ether oxygens (including phenoxy) is 3. The molecule has 0 atom stereocenters. The number of sulfonamides is 1. The highest BCUT2D eigenvalue weighted by Crippen LogP contribution is 2.39. The molecule has 10 heteroatoms. The van der Waals surface area contributed by atoms with Crippen LogP contribution in [0, 0.1) is 0 Å². The Morgan fingerprint density at radius 3 is 2.31 bits per heavy atom. The molecule has 0 saturated heterocycles. The van der Waals surface area contributed by atoms with E-state index in [1.165, 1.54) is 39.5 Å². The molecule has 2 aromatic carbocycles. The van der Waals surface area contributed by atoms with Gasteiger partial charge in [0.1, 0.15) is 11.4 Å². The molecule has 1 aliphatic rings. The van der Waals surface area contributed by atoms with Gasteiger partial charge in [0, 0.05) is 12.1 Å². The molecular weight excluding hydrogens is 400 g/mol. The number of carbonyl (C=O) groups is 2. The van der Waals surface area contributed by atoms with Gasteiger partial charge in [-0.1, -0.05) is 12.1 Å². The second kappa shape index (κ2) is 8.00. The van der Waals surface area contributed by atoms with Gasteiger partial charge in [0.05, 0.1) is 26.9 Å². The third-order valence-corrected chi connectivity index (χ3v) is 6.25. The van der Waals surface area contributed by atoms with Gasteiger partial charge in [0.25, 0.3) is 15.9 Å². The highest BCUT2D eigenvalue weighted by atomic mass is 32.2. The number of hydrogen-bond acceptors (Lipinski definition) is 7. The van der Waals surface area contributed by atoms with Crippen molar-refractivity contribution in [3.63, 3.8) is 0 Å². The first-order valence-corrected chi connectivity index (χ1v) is 9.99. The van der Waals surface area contributed by atoms with Crippen molar-refractivity contribution >= 4 is 21.8 Å². The van der Waals surface area contributed by atoms with Crippen LogP contribution < -0.4 is 19.5 Å². The minimum absolute atomic E-state index is 0.0391. The van der Waals surface area contributed by atoms with Crippen molar-refractivity contribution in [1.82, 2.24) is 9.62 Å². The lowest BCUT2D eigenvalue weighted by Gasteiger charge is -2.17. The summed E-state index contributed by atoms with van der Waals surface area (Å²) in [4.78, 5) is 24.7. The summed E-state index contributed by atoms with van der Waals surface area (Å²) in [6.07, 6.45) is 0. The predicted octanol–water partition coefficient (Wildman–Crippen LogP) is 1.17. The van der Waals surface area contributed by atoms with Crippen LogP contribution in [0.25, 0.3) is 0 Å². The second-order valence-corrected chi connectivity index (χ2v) is 7.91. The van der Waals surface area contributed by atoms with Gasteiger partial charge < -0.3 is 19.5 Å². The first-order chi connectivity index (χ1) is 13.8. The summed E-state index contributed by atoms with van der Waals surface area (Å²) >= 11 is 0. The molecule has 1 heterocycles. The number of amides is 2. The van der Waals surface area contributed by atoms with Crippen molar-refractivity contribution in [2.75, 3.05) is 27.9 Å². The van der Waals surface area contributed by atoms with E-state index in [4.69, 9.17) is 14.2 Å². The van der Waals surface area contributed by atoms with Crippen LogP contribution in [0.15, 0.2) is 41.3 Å². The topological polar surface area (TPSA) is 111 Å². The van der Waals surface area contributed by atoms with Crippen LogP contribution in [0.3, 0.4) is 0 Å². The molecule has 0 aliphatic carbocycles. The Labute approximate surface area is 168 Å². The summed E-state index contributed by atoms with van der Waals surface area (Å²) in [5.74, 6) is -0.143. The summed E-state index contributed by atoms with van der Waals surface area (Å²) in [5.41, 5.74) is 0.652. The maximum Gasteiger partial charge on any atom is 0.269 e. The van der Waals surface area contributed by atoms with E-state index in [1.807, 2.05) is 0 Å². The number of nitrogens with zero attached hydrogens (tertiary/aromatic N) is 1. The molecule has 29 heavy (non-hydrogen) atoms. The van der Waals surface area contributed by atoms with E-state index >= 15 is 0 Å². The van der Waals surface area contributed by atoms with Crippen LogP contribution in [0.5, 0.6) is 17.2 Å². The van der Waals surface area contributed by atoms with Crippen molar-refractivity contribution in [3.05, 3.63) is 47.5 Å². The molecule has 154 valence electrons. The molecule has 3 rings (SSSR count). The van der Waals surface area contributed by atoms with Crippen molar-refractivity contribution in [2.24, 2.45) is 0 Å². The monoisotopic (exact) mass is 420 g/mol. The first kappa shape index (κ1) is 20.5. The number of fused-ring (bicyclic) bond motifs is 1. The molecule has 0 saturated carbocycles. The largest absolute Gasteiger partial charge is 0.493 e. The molecule has 0 unspecified atom stereocenters. The molecule has 2 aromatic rings. The van der Waals surface area contributed by atoms with E-state index in [1.54, 1.807) is 18.2 Å². The summed E-state index contributed by atoms with van der Waals surface area (Å²) in [5, 5.41) is 2.60. The summed E-state index contributed by atoms with van der Waals surface area (Å²) in [7, 11) is 0.362. The van der Waals surface area contributed by atoms with E-state index in [0.717, 1.165) is 0 Å². The van der Waals surface area contributed by atoms with E-state index < -0.39 is 28.4 Å². The summed E-state index contributed by atoms with van der Waals surface area (Å²) < 4.78 is 41.5. The second-order valence-electron chi connectivity index (χ2n) is 6.08. The predicted molar refractivity (Wildman–Crippen MR) is 103 cm³/mol. The lowest BCUT2D eigenvalue weighted by atomic mass is 10.1. The fourth-order valence-corrected chi connectivity index (χ4v) is 4.59. The minimum Gasteiger partial charge on any atom is -0.493 e. The molecule has 1 N–H and O–H groups in total. The van der Waals surface area contributed by atoms with Crippen LogP contribution in [0.1, 0.15) is 15.9 Å². The molecular formula is C19H20N2O7S. The average Bonchev–Trinajstić information content (AvgIpc) is 2.92. The zero-order valence-electron chi connectivity index (χ0n) is 16.1. The van der Waals surface area contributed by atoms with Crippen molar-refractivity contribution in [3.8, 4) is 17.2 Å². The number of hydrogen-bond donors (Lipinski definition) is 1. The minimum atomic E-state index is -4.04. The third-order valence-electron chi connectivity index (χ3n) is 4.46. The standard InChI is InChI=1S/C19H20N2O7S/c1-26-14-9-8-12(17(27-2)18(14)28-3)10-20-16(22)11-21-19(23)13-6-4-5-7-15(13)29(21,24)25/h4-9H,10-11H2,1-3H3,(H,20,22). The Morgan fingerprint density at radius 1 is 1.00 bits per heavy atom. The van der Waals surface area contributed by atoms with Crippen LogP contribution in [-0.4, -0.2) is 52.4 Å². The number of nitrogens with one attached hydrogen (secondary N) is 1. The van der Waals surface area contributed by atoms with E-state index in [9.17, 15) is 18.0 Å². The fourth-order valence-electron chi connectivity index (χ4n) is 3.07. The molecule has 1 aliphatic heterocycles. The average molecular weight is 420 g/mol. The van der Waals surface area contributed by atoms with Gasteiger partial charge in [0.15, 0.2) is 11.5 Å². The molecule has 0 spiro atoms. The van der Waals surface area contributed by atoms with Gasteiger partial charge in [-0.05, 0) is 24.3 Å².